The largest absolute Gasteiger partial charge is 0.481 e. The summed E-state index contributed by atoms with van der Waals surface area (Å²) in [4.78, 5) is 10.1. The van der Waals surface area contributed by atoms with E-state index in [9.17, 15) is 13.2 Å². The number of nitrogens with zero attached hydrogens (tertiary/aromatic N) is 3. The standard InChI is InChI=1S/C18H21F3N4O.HI/c1-22-17(24-11-14-8-9-23-16(10-14)26-3)25(2)12-13-4-6-15(7-5-13)18(19,20)21;/h4-10H,11-12H2,1-3H3,(H,22,24);1H. The quantitative estimate of drug-likeness (QED) is 0.389. The van der Waals surface area contributed by atoms with E-state index < -0.39 is 11.7 Å². The molecule has 0 radical (unpaired) electrons. The van der Waals surface area contributed by atoms with Crippen LogP contribution in [-0.2, 0) is 19.3 Å². The number of halogens is 4. The van der Waals surface area contributed by atoms with Crippen LogP contribution in [0.1, 0.15) is 16.7 Å². The van der Waals surface area contributed by atoms with Gasteiger partial charge >= 0.3 is 6.18 Å². The van der Waals surface area contributed by atoms with E-state index in [0.29, 0.717) is 24.9 Å². The molecule has 0 spiro atoms. The van der Waals surface area contributed by atoms with E-state index in [1.54, 1.807) is 20.4 Å². The number of benzene rings is 1. The zero-order chi connectivity index (χ0) is 19.2. The fourth-order valence-corrected chi connectivity index (χ4v) is 2.39. The van der Waals surface area contributed by atoms with Gasteiger partial charge in [0.15, 0.2) is 5.96 Å². The van der Waals surface area contributed by atoms with Crippen LogP contribution in [0.2, 0.25) is 0 Å². The Morgan fingerprint density at radius 1 is 1.19 bits per heavy atom. The number of rotatable bonds is 5. The van der Waals surface area contributed by atoms with Crippen LogP contribution in [0.4, 0.5) is 13.2 Å². The van der Waals surface area contributed by atoms with Gasteiger partial charge in [-0.2, -0.15) is 13.2 Å². The van der Waals surface area contributed by atoms with E-state index in [4.69, 9.17) is 4.74 Å². The first-order valence-corrected chi connectivity index (χ1v) is 7.90. The molecule has 1 heterocycles. The maximum Gasteiger partial charge on any atom is 0.416 e. The van der Waals surface area contributed by atoms with Gasteiger partial charge in [0.2, 0.25) is 5.88 Å². The molecule has 0 fully saturated rings. The highest BCUT2D eigenvalue weighted by atomic mass is 127. The van der Waals surface area contributed by atoms with Crippen LogP contribution in [-0.4, -0.2) is 37.0 Å². The second kappa shape index (κ2) is 10.3. The summed E-state index contributed by atoms with van der Waals surface area (Å²) in [5.41, 5.74) is 1.08. The maximum absolute atomic E-state index is 12.6. The zero-order valence-electron chi connectivity index (χ0n) is 15.2. The molecular weight excluding hydrogens is 472 g/mol. The fraction of sp³-hybridized carbons (Fsp3) is 0.333. The Labute approximate surface area is 173 Å². The molecule has 0 saturated carbocycles. The molecule has 5 nitrogen and oxygen atoms in total. The van der Waals surface area contributed by atoms with Crippen LogP contribution in [0.15, 0.2) is 47.6 Å². The van der Waals surface area contributed by atoms with Gasteiger partial charge in [0.05, 0.1) is 12.7 Å². The average molecular weight is 494 g/mol. The SMILES string of the molecule is CN=C(NCc1ccnc(OC)c1)N(C)Cc1ccc(C(F)(F)F)cc1.I. The number of pyridine rings is 1. The second-order valence-electron chi connectivity index (χ2n) is 5.66. The Morgan fingerprint density at radius 2 is 1.85 bits per heavy atom. The van der Waals surface area contributed by atoms with Gasteiger partial charge in [-0.25, -0.2) is 4.98 Å². The molecule has 1 aromatic carbocycles. The smallest absolute Gasteiger partial charge is 0.416 e. The van der Waals surface area contributed by atoms with Crippen molar-refractivity contribution in [2.24, 2.45) is 4.99 Å². The van der Waals surface area contributed by atoms with E-state index in [2.05, 4.69) is 15.3 Å². The third kappa shape index (κ3) is 6.89. The molecule has 1 aromatic heterocycles. The minimum atomic E-state index is -4.33. The molecule has 148 valence electrons. The summed E-state index contributed by atoms with van der Waals surface area (Å²) in [7, 11) is 5.02. The van der Waals surface area contributed by atoms with Gasteiger partial charge in [0.1, 0.15) is 0 Å². The summed E-state index contributed by atoms with van der Waals surface area (Å²) in [6.45, 7) is 0.945. The Kier molecular flexibility index (Phi) is 8.80. The fourth-order valence-electron chi connectivity index (χ4n) is 2.39. The molecule has 1 N–H and O–H groups in total. The summed E-state index contributed by atoms with van der Waals surface area (Å²) in [6, 6.07) is 8.79. The minimum absolute atomic E-state index is 0. The van der Waals surface area contributed by atoms with Crippen LogP contribution in [0.25, 0.3) is 0 Å². The van der Waals surface area contributed by atoms with Crippen molar-refractivity contribution >= 4 is 29.9 Å². The lowest BCUT2D eigenvalue weighted by atomic mass is 10.1. The van der Waals surface area contributed by atoms with Gasteiger partial charge < -0.3 is 15.0 Å². The molecule has 2 rings (SSSR count). The Hall–Kier alpha value is -2.04. The van der Waals surface area contributed by atoms with Gasteiger partial charge in [-0.3, -0.25) is 4.99 Å². The monoisotopic (exact) mass is 494 g/mol. The summed E-state index contributed by atoms with van der Waals surface area (Å²) < 4.78 is 43.0. The molecular formula is C18H22F3IN4O. The third-order valence-electron chi connectivity index (χ3n) is 3.73. The lowest BCUT2D eigenvalue weighted by Gasteiger charge is -2.22. The number of aliphatic imine (C=N–C) groups is 1. The average Bonchev–Trinajstić information content (AvgIpc) is 2.62. The van der Waals surface area contributed by atoms with Crippen LogP contribution in [0.5, 0.6) is 5.88 Å². The first kappa shape index (κ1) is 23.0. The molecule has 0 atom stereocenters. The van der Waals surface area contributed by atoms with Gasteiger partial charge in [0, 0.05) is 39.4 Å². The normalized spacial score (nSPS) is 11.6. The highest BCUT2D eigenvalue weighted by molar-refractivity contribution is 14.0. The number of alkyl halides is 3. The number of hydrogen-bond acceptors (Lipinski definition) is 3. The third-order valence-corrected chi connectivity index (χ3v) is 3.73. The number of aromatic nitrogens is 1. The van der Waals surface area contributed by atoms with Crippen LogP contribution < -0.4 is 10.1 Å². The zero-order valence-corrected chi connectivity index (χ0v) is 17.6. The van der Waals surface area contributed by atoms with E-state index in [1.165, 1.54) is 12.1 Å². The van der Waals surface area contributed by atoms with Gasteiger partial charge in [-0.1, -0.05) is 12.1 Å². The predicted octanol–water partition coefficient (Wildman–Crippen LogP) is 3.93. The van der Waals surface area contributed by atoms with Crippen molar-refractivity contribution in [3.05, 3.63) is 59.3 Å². The second-order valence-corrected chi connectivity index (χ2v) is 5.66. The van der Waals surface area contributed by atoms with Crippen molar-refractivity contribution in [2.75, 3.05) is 21.2 Å². The predicted molar refractivity (Wildman–Crippen MR) is 109 cm³/mol. The van der Waals surface area contributed by atoms with Gasteiger partial charge in [-0.15, -0.1) is 24.0 Å². The maximum atomic E-state index is 12.6. The highest BCUT2D eigenvalue weighted by Crippen LogP contribution is 2.29. The molecule has 0 aliphatic carbocycles. The molecule has 27 heavy (non-hydrogen) atoms. The lowest BCUT2D eigenvalue weighted by molar-refractivity contribution is -0.137. The van der Waals surface area contributed by atoms with Crippen molar-refractivity contribution in [1.29, 1.82) is 0 Å². The number of nitrogens with one attached hydrogen (secondary N) is 1. The molecule has 0 aliphatic rings. The number of guanidine groups is 1. The molecule has 0 aliphatic heterocycles. The molecule has 0 bridgehead atoms. The van der Waals surface area contributed by atoms with Crippen molar-refractivity contribution in [3.8, 4) is 5.88 Å². The van der Waals surface area contributed by atoms with Crippen molar-refractivity contribution in [2.45, 2.75) is 19.3 Å². The topological polar surface area (TPSA) is 49.8 Å². The van der Waals surface area contributed by atoms with Crippen LogP contribution in [0.3, 0.4) is 0 Å². The van der Waals surface area contributed by atoms with Crippen molar-refractivity contribution < 1.29 is 17.9 Å². The van der Waals surface area contributed by atoms with Gasteiger partial charge in [-0.05, 0) is 29.3 Å². The number of ether oxygens (including phenoxy) is 1. The Morgan fingerprint density at radius 3 is 2.41 bits per heavy atom. The molecule has 2 aromatic rings. The van der Waals surface area contributed by atoms with E-state index in [1.807, 2.05) is 24.1 Å². The first-order chi connectivity index (χ1) is 12.3. The van der Waals surface area contributed by atoms with Crippen LogP contribution in [0, 0.1) is 0 Å². The molecule has 0 unspecified atom stereocenters. The van der Waals surface area contributed by atoms with E-state index in [0.717, 1.165) is 23.3 Å². The van der Waals surface area contributed by atoms with Crippen molar-refractivity contribution in [1.82, 2.24) is 15.2 Å². The lowest BCUT2D eigenvalue weighted by Crippen LogP contribution is -2.38. The summed E-state index contributed by atoms with van der Waals surface area (Å²) >= 11 is 0. The first-order valence-electron chi connectivity index (χ1n) is 7.90. The van der Waals surface area contributed by atoms with Crippen molar-refractivity contribution in [3.63, 3.8) is 0 Å². The number of methoxy groups -OCH3 is 1. The molecule has 0 amide bonds. The van der Waals surface area contributed by atoms with E-state index >= 15 is 0 Å². The Balaban J connectivity index is 0.00000364. The Bertz CT molecular complexity index is 751. The van der Waals surface area contributed by atoms with E-state index in [-0.39, 0.29) is 24.0 Å². The minimum Gasteiger partial charge on any atom is -0.481 e. The number of hydrogen-bond donors (Lipinski definition) is 1. The summed E-state index contributed by atoms with van der Waals surface area (Å²) in [6.07, 6.45) is -2.67. The summed E-state index contributed by atoms with van der Waals surface area (Å²) in [5, 5.41) is 3.21. The van der Waals surface area contributed by atoms with Gasteiger partial charge in [0.25, 0.3) is 0 Å². The summed E-state index contributed by atoms with van der Waals surface area (Å²) in [5.74, 6) is 1.15. The molecule has 0 saturated heterocycles. The molecule has 9 heteroatoms. The highest BCUT2D eigenvalue weighted by Gasteiger charge is 2.29. The van der Waals surface area contributed by atoms with Crippen LogP contribution >= 0.6 is 24.0 Å².